The molecule has 0 spiro atoms. The van der Waals surface area contributed by atoms with E-state index < -0.39 is 0 Å². The van der Waals surface area contributed by atoms with Crippen LogP contribution in [-0.4, -0.2) is 10.8 Å². The number of Topliss-reactive ketones (excluding diaryl/α,β-unsaturated/α-hetero) is 1. The first-order valence-corrected chi connectivity index (χ1v) is 6.99. The van der Waals surface area contributed by atoms with Gasteiger partial charge in [-0.15, -0.1) is 11.3 Å². The zero-order chi connectivity index (χ0) is 13.3. The Labute approximate surface area is 117 Å². The zero-order valence-electron chi connectivity index (χ0n) is 9.96. The standard InChI is InChI=1S/C13H11BrFNOS/c1-7-13(18-8(2)16-7)12(17)5-9-3-10(14)6-11(15)4-9/h3-4,6H,5H2,1-2H3. The Kier molecular flexibility index (Phi) is 3.92. The molecule has 0 bridgehead atoms. The molecule has 0 atom stereocenters. The topological polar surface area (TPSA) is 30.0 Å². The highest BCUT2D eigenvalue weighted by molar-refractivity contribution is 9.10. The van der Waals surface area contributed by atoms with Crippen LogP contribution in [0.1, 0.15) is 25.9 Å². The maximum atomic E-state index is 13.2. The molecule has 0 fully saturated rings. The van der Waals surface area contributed by atoms with Crippen molar-refractivity contribution in [3.63, 3.8) is 0 Å². The second-order valence-corrected chi connectivity index (χ2v) is 6.14. The number of rotatable bonds is 3. The molecule has 0 saturated heterocycles. The average Bonchev–Trinajstić information content (AvgIpc) is 2.56. The average molecular weight is 328 g/mol. The van der Waals surface area contributed by atoms with Crippen LogP contribution in [0, 0.1) is 19.7 Å². The van der Waals surface area contributed by atoms with Gasteiger partial charge >= 0.3 is 0 Å². The fraction of sp³-hybridized carbons (Fsp3) is 0.231. The SMILES string of the molecule is Cc1nc(C)c(C(=O)Cc2cc(F)cc(Br)c2)s1. The summed E-state index contributed by atoms with van der Waals surface area (Å²) < 4.78 is 13.9. The van der Waals surface area contributed by atoms with Crippen molar-refractivity contribution >= 4 is 33.0 Å². The maximum absolute atomic E-state index is 13.2. The Bertz CT molecular complexity index is 589. The van der Waals surface area contributed by atoms with Crippen LogP contribution in [0.2, 0.25) is 0 Å². The van der Waals surface area contributed by atoms with Gasteiger partial charge in [0.05, 0.1) is 15.6 Å². The van der Waals surface area contributed by atoms with Crippen LogP contribution in [0.5, 0.6) is 0 Å². The highest BCUT2D eigenvalue weighted by Gasteiger charge is 2.14. The van der Waals surface area contributed by atoms with E-state index in [9.17, 15) is 9.18 Å². The molecule has 1 aromatic heterocycles. The van der Waals surface area contributed by atoms with Crippen molar-refractivity contribution in [1.82, 2.24) is 4.98 Å². The van der Waals surface area contributed by atoms with Crippen LogP contribution < -0.4 is 0 Å². The second kappa shape index (κ2) is 5.28. The van der Waals surface area contributed by atoms with Gasteiger partial charge in [-0.25, -0.2) is 9.37 Å². The predicted molar refractivity (Wildman–Crippen MR) is 73.7 cm³/mol. The molecule has 0 unspecified atom stereocenters. The summed E-state index contributed by atoms with van der Waals surface area (Å²) in [5.41, 5.74) is 1.41. The minimum absolute atomic E-state index is 0.0180. The number of nitrogens with zero attached hydrogens (tertiary/aromatic N) is 1. The molecule has 94 valence electrons. The number of hydrogen-bond acceptors (Lipinski definition) is 3. The molecule has 0 aliphatic carbocycles. The van der Waals surface area contributed by atoms with Crippen molar-refractivity contribution in [2.24, 2.45) is 0 Å². The molecule has 0 aliphatic rings. The van der Waals surface area contributed by atoms with E-state index in [1.807, 2.05) is 13.8 Å². The summed E-state index contributed by atoms with van der Waals surface area (Å²) >= 11 is 4.60. The summed E-state index contributed by atoms with van der Waals surface area (Å²) in [4.78, 5) is 17.0. The first kappa shape index (κ1) is 13.4. The van der Waals surface area contributed by atoms with Gasteiger partial charge in [0.15, 0.2) is 5.78 Å². The number of aryl methyl sites for hydroxylation is 2. The van der Waals surface area contributed by atoms with Gasteiger partial charge in [-0.2, -0.15) is 0 Å². The third kappa shape index (κ3) is 3.03. The fourth-order valence-electron chi connectivity index (χ4n) is 1.77. The molecular weight excluding hydrogens is 317 g/mol. The van der Waals surface area contributed by atoms with Crippen molar-refractivity contribution in [3.05, 3.63) is 49.6 Å². The molecule has 1 heterocycles. The van der Waals surface area contributed by atoms with E-state index in [0.717, 1.165) is 10.7 Å². The lowest BCUT2D eigenvalue weighted by atomic mass is 10.1. The fourth-order valence-corrected chi connectivity index (χ4v) is 3.14. The van der Waals surface area contributed by atoms with Crippen molar-refractivity contribution in [2.75, 3.05) is 0 Å². The van der Waals surface area contributed by atoms with Gasteiger partial charge in [0.2, 0.25) is 0 Å². The van der Waals surface area contributed by atoms with Crippen LogP contribution in [0.3, 0.4) is 0 Å². The number of ketones is 1. The minimum Gasteiger partial charge on any atom is -0.293 e. The number of thiazole rings is 1. The quantitative estimate of drug-likeness (QED) is 0.795. The lowest BCUT2D eigenvalue weighted by Crippen LogP contribution is -2.03. The summed E-state index contributed by atoms with van der Waals surface area (Å²) in [6.45, 7) is 3.69. The summed E-state index contributed by atoms with van der Waals surface area (Å²) in [7, 11) is 0. The molecule has 18 heavy (non-hydrogen) atoms. The van der Waals surface area contributed by atoms with E-state index in [2.05, 4.69) is 20.9 Å². The first-order chi connectivity index (χ1) is 8.45. The number of hydrogen-bond donors (Lipinski definition) is 0. The lowest BCUT2D eigenvalue weighted by molar-refractivity contribution is 0.0996. The van der Waals surface area contributed by atoms with Crippen LogP contribution >= 0.6 is 27.3 Å². The molecule has 0 aliphatic heterocycles. The second-order valence-electron chi connectivity index (χ2n) is 4.03. The van der Waals surface area contributed by atoms with Gasteiger partial charge in [0, 0.05) is 10.9 Å². The molecule has 0 saturated carbocycles. The summed E-state index contributed by atoms with van der Waals surface area (Å²) in [6.07, 6.45) is 0.193. The van der Waals surface area contributed by atoms with Crippen LogP contribution in [0.4, 0.5) is 4.39 Å². The smallest absolute Gasteiger partial charge is 0.179 e. The summed E-state index contributed by atoms with van der Waals surface area (Å²) in [6, 6.07) is 4.51. The Hall–Kier alpha value is -1.07. The Balaban J connectivity index is 2.23. The Morgan fingerprint density at radius 1 is 1.39 bits per heavy atom. The van der Waals surface area contributed by atoms with E-state index in [-0.39, 0.29) is 18.0 Å². The Morgan fingerprint density at radius 2 is 2.11 bits per heavy atom. The minimum atomic E-state index is -0.343. The third-order valence-corrected chi connectivity index (χ3v) is 4.02. The molecule has 2 nitrogen and oxygen atoms in total. The van der Waals surface area contributed by atoms with Crippen LogP contribution in [-0.2, 0) is 6.42 Å². The normalized spacial score (nSPS) is 10.7. The van der Waals surface area contributed by atoms with Crippen LogP contribution in [0.15, 0.2) is 22.7 Å². The molecule has 0 amide bonds. The van der Waals surface area contributed by atoms with E-state index in [1.165, 1.54) is 23.5 Å². The maximum Gasteiger partial charge on any atom is 0.179 e. The Morgan fingerprint density at radius 3 is 2.67 bits per heavy atom. The number of aromatic nitrogens is 1. The monoisotopic (exact) mass is 327 g/mol. The van der Waals surface area contributed by atoms with Crippen molar-refractivity contribution < 1.29 is 9.18 Å². The lowest BCUT2D eigenvalue weighted by Gasteiger charge is -2.01. The zero-order valence-corrected chi connectivity index (χ0v) is 12.4. The number of carbonyl (C=O) groups excluding carboxylic acids is 1. The van der Waals surface area contributed by atoms with Gasteiger partial charge in [-0.1, -0.05) is 15.9 Å². The van der Waals surface area contributed by atoms with Crippen LogP contribution in [0.25, 0.3) is 0 Å². The van der Waals surface area contributed by atoms with E-state index in [4.69, 9.17) is 0 Å². The van der Waals surface area contributed by atoms with Crippen molar-refractivity contribution in [1.29, 1.82) is 0 Å². The van der Waals surface area contributed by atoms with Crippen molar-refractivity contribution in [2.45, 2.75) is 20.3 Å². The molecule has 0 N–H and O–H groups in total. The van der Waals surface area contributed by atoms with Gasteiger partial charge in [0.25, 0.3) is 0 Å². The van der Waals surface area contributed by atoms with Gasteiger partial charge in [-0.05, 0) is 37.6 Å². The molecule has 2 rings (SSSR count). The molecule has 0 radical (unpaired) electrons. The number of halogens is 2. The highest BCUT2D eigenvalue weighted by Crippen LogP contribution is 2.21. The predicted octanol–water partition coefficient (Wildman–Crippen LogP) is 4.09. The van der Waals surface area contributed by atoms with Crippen molar-refractivity contribution in [3.8, 4) is 0 Å². The first-order valence-electron chi connectivity index (χ1n) is 5.38. The van der Waals surface area contributed by atoms with Gasteiger partial charge in [-0.3, -0.25) is 4.79 Å². The molecule has 1 aromatic carbocycles. The van der Waals surface area contributed by atoms with E-state index in [0.29, 0.717) is 14.9 Å². The van der Waals surface area contributed by atoms with E-state index >= 15 is 0 Å². The summed E-state index contributed by atoms with van der Waals surface area (Å²) in [5, 5.41) is 0.872. The number of benzene rings is 1. The van der Waals surface area contributed by atoms with E-state index in [1.54, 1.807) is 6.07 Å². The van der Waals surface area contributed by atoms with Gasteiger partial charge in [0.1, 0.15) is 5.82 Å². The highest BCUT2D eigenvalue weighted by atomic mass is 79.9. The number of carbonyl (C=O) groups is 1. The molecule has 5 heteroatoms. The van der Waals surface area contributed by atoms with Gasteiger partial charge < -0.3 is 0 Å². The molecule has 2 aromatic rings. The summed E-state index contributed by atoms with van der Waals surface area (Å²) in [5.74, 6) is -0.361. The largest absolute Gasteiger partial charge is 0.293 e. The third-order valence-electron chi connectivity index (χ3n) is 2.44. The molecular formula is C13H11BrFNOS.